The number of rotatable bonds is 7. The van der Waals surface area contributed by atoms with E-state index in [1.54, 1.807) is 60.7 Å². The number of hydrogen-bond donors (Lipinski definition) is 0. The summed E-state index contributed by atoms with van der Waals surface area (Å²) in [4.78, 5) is 45.1. The number of aryl methyl sites for hydroxylation is 1. The Bertz CT molecular complexity index is 2200. The lowest BCUT2D eigenvalue weighted by atomic mass is 10.0. The van der Waals surface area contributed by atoms with E-state index >= 15 is 4.39 Å². The second-order valence-corrected chi connectivity index (χ2v) is 14.5. The normalized spacial score (nSPS) is 14.9. The first kappa shape index (κ1) is 36.6. The molecular weight excluding hydrogens is 687 g/mol. The monoisotopic (exact) mass is 728 g/mol. The predicted molar refractivity (Wildman–Crippen MR) is 200 cm³/mol. The first-order valence-corrected chi connectivity index (χ1v) is 17.5. The van der Waals surface area contributed by atoms with Crippen molar-refractivity contribution < 1.29 is 23.4 Å². The molecule has 1 amide bonds. The molecule has 1 atom stereocenters. The molecule has 1 saturated heterocycles. The Balaban J connectivity index is 1.52. The van der Waals surface area contributed by atoms with Crippen LogP contribution < -0.4 is 20.1 Å². The molecule has 1 aliphatic heterocycles. The van der Waals surface area contributed by atoms with Gasteiger partial charge in [0.2, 0.25) is 0 Å². The highest BCUT2D eigenvalue weighted by Gasteiger charge is 2.33. The predicted octanol–water partition coefficient (Wildman–Crippen LogP) is 8.31. The fourth-order valence-corrected chi connectivity index (χ4v) is 6.56. The Kier molecular flexibility index (Phi) is 10.1. The average Bonchev–Trinajstić information content (AvgIpc) is 3.09. The van der Waals surface area contributed by atoms with Crippen LogP contribution in [0.5, 0.6) is 17.2 Å². The molecule has 1 fully saturated rings. The van der Waals surface area contributed by atoms with E-state index in [1.165, 1.54) is 10.6 Å². The van der Waals surface area contributed by atoms with Gasteiger partial charge >= 0.3 is 11.8 Å². The van der Waals surface area contributed by atoms with Crippen LogP contribution in [0, 0.1) is 12.7 Å². The fraction of sp³-hybridized carbons (Fsp3) is 0.359. The third-order valence-electron chi connectivity index (χ3n) is 8.78. The molecule has 2 aromatic carbocycles. The molecule has 0 saturated carbocycles. The van der Waals surface area contributed by atoms with E-state index in [2.05, 4.69) is 9.97 Å². The Hall–Kier alpha value is -5.23. The van der Waals surface area contributed by atoms with Gasteiger partial charge in [-0.25, -0.2) is 23.5 Å². The molecule has 6 rings (SSSR count). The average molecular weight is 729 g/mol. The largest absolute Gasteiger partial charge is 0.497 e. The summed E-state index contributed by atoms with van der Waals surface area (Å²) in [6.07, 6.45) is 1.30. The molecule has 3 aromatic heterocycles. The van der Waals surface area contributed by atoms with Gasteiger partial charge in [0.1, 0.15) is 22.9 Å². The maximum absolute atomic E-state index is 16.3. The van der Waals surface area contributed by atoms with Crippen LogP contribution in [0.1, 0.15) is 58.7 Å². The molecule has 0 radical (unpaired) electrons. The molecule has 5 aromatic rings. The SMILES string of the molecule is COc1ccc(Oc2cccc(-c3nc4c(cc3Cl)c(N3CCN(C(=O)OC(C)(C)C)C[C@@H]3C)nc(=O)n4-c3c(C)ccnc3C(C)C)c2F)cc1. The van der Waals surface area contributed by atoms with Gasteiger partial charge in [-0.1, -0.05) is 31.5 Å². The fourth-order valence-electron chi connectivity index (χ4n) is 6.31. The molecule has 0 N–H and O–H groups in total. The Morgan fingerprint density at radius 3 is 2.40 bits per heavy atom. The third-order valence-corrected chi connectivity index (χ3v) is 9.07. The van der Waals surface area contributed by atoms with Crippen molar-refractivity contribution in [2.75, 3.05) is 31.6 Å². The molecule has 4 heterocycles. The summed E-state index contributed by atoms with van der Waals surface area (Å²) in [5, 5.41) is 0.628. The van der Waals surface area contributed by atoms with Gasteiger partial charge in [0.05, 0.1) is 34.6 Å². The van der Waals surface area contributed by atoms with Gasteiger partial charge in [-0.3, -0.25) is 4.98 Å². The van der Waals surface area contributed by atoms with Crippen LogP contribution in [0.25, 0.3) is 28.0 Å². The van der Waals surface area contributed by atoms with Crippen LogP contribution in [0.4, 0.5) is 15.0 Å². The van der Waals surface area contributed by atoms with E-state index in [0.29, 0.717) is 53.7 Å². The number of pyridine rings is 2. The summed E-state index contributed by atoms with van der Waals surface area (Å²) in [6, 6.07) is 14.8. The van der Waals surface area contributed by atoms with Gasteiger partial charge in [-0.15, -0.1) is 0 Å². The molecule has 11 nitrogen and oxygen atoms in total. The van der Waals surface area contributed by atoms with Crippen molar-refractivity contribution in [3.63, 3.8) is 0 Å². The second-order valence-electron chi connectivity index (χ2n) is 14.1. The highest BCUT2D eigenvalue weighted by atomic mass is 35.5. The van der Waals surface area contributed by atoms with Crippen LogP contribution in [0.3, 0.4) is 0 Å². The first-order chi connectivity index (χ1) is 24.7. The number of halogens is 2. The lowest BCUT2D eigenvalue weighted by molar-refractivity contribution is 0.0218. The van der Waals surface area contributed by atoms with Gasteiger partial charge in [-0.05, 0) is 94.6 Å². The molecule has 1 aliphatic rings. The molecule has 13 heteroatoms. The molecule has 0 unspecified atom stereocenters. The molecule has 272 valence electrons. The molecule has 0 spiro atoms. The van der Waals surface area contributed by atoms with Crippen molar-refractivity contribution in [2.45, 2.75) is 66.0 Å². The zero-order valence-corrected chi connectivity index (χ0v) is 31.3. The van der Waals surface area contributed by atoms with Crippen molar-refractivity contribution >= 4 is 34.5 Å². The number of methoxy groups -OCH3 is 1. The van der Waals surface area contributed by atoms with Gasteiger partial charge in [0.25, 0.3) is 0 Å². The minimum Gasteiger partial charge on any atom is -0.497 e. The summed E-state index contributed by atoms with van der Waals surface area (Å²) in [5.74, 6) is 0.648. The second kappa shape index (κ2) is 14.4. The highest BCUT2D eigenvalue weighted by Crippen LogP contribution is 2.39. The quantitative estimate of drug-likeness (QED) is 0.163. The number of benzene rings is 2. The van der Waals surface area contributed by atoms with Gasteiger partial charge in [0, 0.05) is 37.4 Å². The smallest absolute Gasteiger partial charge is 0.410 e. The number of amides is 1. The van der Waals surface area contributed by atoms with Crippen molar-refractivity contribution in [2.24, 2.45) is 0 Å². The number of nitrogens with zero attached hydrogens (tertiary/aromatic N) is 6. The number of carbonyl (C=O) groups is 1. The molecular formula is C39H42ClFN6O5. The van der Waals surface area contributed by atoms with Crippen molar-refractivity contribution in [3.8, 4) is 34.2 Å². The van der Waals surface area contributed by atoms with Gasteiger partial charge in [-0.2, -0.15) is 4.98 Å². The Morgan fingerprint density at radius 1 is 1.04 bits per heavy atom. The minimum absolute atomic E-state index is 0.0321. The van der Waals surface area contributed by atoms with Crippen LogP contribution in [-0.2, 0) is 4.74 Å². The number of carbonyl (C=O) groups excluding carboxylic acids is 1. The topological polar surface area (TPSA) is 112 Å². The number of piperazine rings is 1. The Labute approximate surface area is 306 Å². The zero-order valence-electron chi connectivity index (χ0n) is 30.5. The minimum atomic E-state index is -0.678. The maximum atomic E-state index is 16.3. The lowest BCUT2D eigenvalue weighted by Gasteiger charge is -2.41. The van der Waals surface area contributed by atoms with Crippen molar-refractivity contribution in [1.82, 2.24) is 24.4 Å². The number of fused-ring (bicyclic) bond motifs is 1. The number of aromatic nitrogens is 4. The van der Waals surface area contributed by atoms with E-state index in [4.69, 9.17) is 30.8 Å². The molecule has 52 heavy (non-hydrogen) atoms. The molecule has 0 aliphatic carbocycles. The van der Waals surface area contributed by atoms with Crippen molar-refractivity contribution in [1.29, 1.82) is 0 Å². The van der Waals surface area contributed by atoms with E-state index in [-0.39, 0.29) is 39.6 Å². The van der Waals surface area contributed by atoms with E-state index < -0.39 is 23.2 Å². The number of anilines is 1. The highest BCUT2D eigenvalue weighted by molar-refractivity contribution is 6.34. The van der Waals surface area contributed by atoms with Gasteiger partial charge in [0.15, 0.2) is 17.2 Å². The maximum Gasteiger partial charge on any atom is 0.410 e. The van der Waals surface area contributed by atoms with Crippen LogP contribution in [-0.4, -0.2) is 68.9 Å². The van der Waals surface area contributed by atoms with Crippen LogP contribution in [0.2, 0.25) is 5.02 Å². The number of ether oxygens (including phenoxy) is 3. The summed E-state index contributed by atoms with van der Waals surface area (Å²) < 4.78 is 34.5. The van der Waals surface area contributed by atoms with Gasteiger partial charge < -0.3 is 24.0 Å². The Morgan fingerprint density at radius 2 is 1.75 bits per heavy atom. The zero-order chi connectivity index (χ0) is 37.5. The summed E-state index contributed by atoms with van der Waals surface area (Å²) in [6.45, 7) is 14.4. The van der Waals surface area contributed by atoms with E-state index in [0.717, 1.165) is 5.56 Å². The first-order valence-electron chi connectivity index (χ1n) is 17.1. The van der Waals surface area contributed by atoms with Crippen molar-refractivity contribution in [3.05, 3.63) is 93.4 Å². The third kappa shape index (κ3) is 7.25. The molecule has 0 bridgehead atoms. The summed E-state index contributed by atoms with van der Waals surface area (Å²) in [5.41, 5.74) is 1.23. The standard InChI is InChI=1S/C39H42ClFN6O5/c1-22(2)32-34(23(3)16-17-42-32)47-36-28(35(44-37(47)48)46-19-18-45(21-24(46)4)38(49)52-39(5,6)7)20-29(40)33(43-36)27-10-9-11-30(31(27)41)51-26-14-12-25(50-8)13-15-26/h9-17,20,22,24H,18-19,21H2,1-8H3/t24-/m0/s1. The summed E-state index contributed by atoms with van der Waals surface area (Å²) in [7, 11) is 1.56. The lowest BCUT2D eigenvalue weighted by Crippen LogP contribution is -2.55. The van der Waals surface area contributed by atoms with E-state index in [9.17, 15) is 9.59 Å². The van der Waals surface area contributed by atoms with Crippen LogP contribution >= 0.6 is 11.6 Å². The summed E-state index contributed by atoms with van der Waals surface area (Å²) >= 11 is 6.98. The number of hydrogen-bond acceptors (Lipinski definition) is 9. The van der Waals surface area contributed by atoms with E-state index in [1.807, 2.05) is 59.4 Å². The van der Waals surface area contributed by atoms with Crippen LogP contribution in [0.15, 0.2) is 65.6 Å².